The molecule has 0 aliphatic rings. The van der Waals surface area contributed by atoms with Crippen LogP contribution in [0.3, 0.4) is 0 Å². The molecular formula is C8H9BrF6O. The van der Waals surface area contributed by atoms with Crippen LogP contribution in [-0.2, 0) is 0 Å². The van der Waals surface area contributed by atoms with E-state index in [0.29, 0.717) is 17.8 Å². The van der Waals surface area contributed by atoms with Gasteiger partial charge in [-0.3, -0.25) is 0 Å². The van der Waals surface area contributed by atoms with Gasteiger partial charge in [0.15, 0.2) is 0 Å². The summed E-state index contributed by atoms with van der Waals surface area (Å²) in [5, 5.41) is 9.09. The van der Waals surface area contributed by atoms with Crippen molar-refractivity contribution >= 4 is 15.9 Å². The maximum atomic E-state index is 12.1. The number of halogens is 7. The summed E-state index contributed by atoms with van der Waals surface area (Å²) in [6.45, 7) is 0. The van der Waals surface area contributed by atoms with Crippen molar-refractivity contribution in [2.45, 2.75) is 30.8 Å². The highest BCUT2D eigenvalue weighted by molar-refractivity contribution is 9.09. The molecule has 0 radical (unpaired) electrons. The Morgan fingerprint density at radius 3 is 1.75 bits per heavy atom. The van der Waals surface area contributed by atoms with Crippen LogP contribution in [0.25, 0.3) is 0 Å². The molecule has 0 unspecified atom stereocenters. The van der Waals surface area contributed by atoms with Crippen molar-refractivity contribution in [3.05, 3.63) is 12.2 Å². The smallest absolute Gasteiger partial charge is 0.370 e. The van der Waals surface area contributed by atoms with E-state index in [2.05, 4.69) is 15.9 Å². The molecule has 0 atom stereocenters. The van der Waals surface area contributed by atoms with Gasteiger partial charge < -0.3 is 5.11 Å². The second-order valence-corrected chi connectivity index (χ2v) is 3.79. The predicted molar refractivity (Wildman–Crippen MR) is 49.2 cm³/mol. The third-order valence-corrected chi connectivity index (χ3v) is 2.29. The van der Waals surface area contributed by atoms with Gasteiger partial charge in [-0.2, -0.15) is 26.3 Å². The van der Waals surface area contributed by atoms with Gasteiger partial charge in [-0.05, 0) is 18.9 Å². The molecule has 0 aliphatic heterocycles. The van der Waals surface area contributed by atoms with Gasteiger partial charge >= 0.3 is 12.4 Å². The summed E-state index contributed by atoms with van der Waals surface area (Å²) in [5.41, 5.74) is -4.77. The lowest BCUT2D eigenvalue weighted by Crippen LogP contribution is -2.55. The van der Waals surface area contributed by atoms with E-state index in [4.69, 9.17) is 5.11 Å². The van der Waals surface area contributed by atoms with E-state index < -0.39 is 18.0 Å². The maximum Gasteiger partial charge on any atom is 0.429 e. The first-order valence-corrected chi connectivity index (χ1v) is 5.28. The average molecular weight is 315 g/mol. The number of alkyl halides is 7. The SMILES string of the molecule is OC(C=CCCCBr)(C(F)(F)F)C(F)(F)F. The van der Waals surface area contributed by atoms with Crippen molar-refractivity contribution < 1.29 is 31.4 Å². The Morgan fingerprint density at radius 2 is 1.44 bits per heavy atom. The molecule has 96 valence electrons. The molecule has 1 nitrogen and oxygen atoms in total. The lowest BCUT2D eigenvalue weighted by molar-refractivity contribution is -0.347. The lowest BCUT2D eigenvalue weighted by atomic mass is 10.0. The topological polar surface area (TPSA) is 20.2 Å². The molecular weight excluding hydrogens is 306 g/mol. The summed E-state index contributed by atoms with van der Waals surface area (Å²) in [4.78, 5) is 0. The summed E-state index contributed by atoms with van der Waals surface area (Å²) in [6, 6.07) is 0. The van der Waals surface area contributed by atoms with Gasteiger partial charge in [-0.15, -0.1) is 0 Å². The molecule has 0 saturated heterocycles. The van der Waals surface area contributed by atoms with E-state index in [-0.39, 0.29) is 12.5 Å². The van der Waals surface area contributed by atoms with Crippen LogP contribution < -0.4 is 0 Å². The first-order chi connectivity index (χ1) is 7.06. The van der Waals surface area contributed by atoms with Crippen molar-refractivity contribution in [2.24, 2.45) is 0 Å². The van der Waals surface area contributed by atoms with Gasteiger partial charge in [0.2, 0.25) is 0 Å². The average Bonchev–Trinajstić information content (AvgIpc) is 2.08. The molecule has 0 aromatic carbocycles. The summed E-state index contributed by atoms with van der Waals surface area (Å²) < 4.78 is 72.5. The number of rotatable bonds is 4. The fourth-order valence-corrected chi connectivity index (χ4v) is 1.12. The fourth-order valence-electron chi connectivity index (χ4n) is 0.799. The van der Waals surface area contributed by atoms with Gasteiger partial charge in [-0.1, -0.05) is 22.0 Å². The van der Waals surface area contributed by atoms with E-state index in [0.717, 1.165) is 0 Å². The van der Waals surface area contributed by atoms with Crippen LogP contribution in [0.5, 0.6) is 0 Å². The monoisotopic (exact) mass is 314 g/mol. The molecule has 1 N–H and O–H groups in total. The molecule has 0 amide bonds. The zero-order valence-electron chi connectivity index (χ0n) is 7.87. The highest BCUT2D eigenvalue weighted by Crippen LogP contribution is 2.43. The van der Waals surface area contributed by atoms with Crippen molar-refractivity contribution in [3.8, 4) is 0 Å². The van der Waals surface area contributed by atoms with Crippen LogP contribution in [0.2, 0.25) is 0 Å². The largest absolute Gasteiger partial charge is 0.429 e. The van der Waals surface area contributed by atoms with Gasteiger partial charge in [-0.25, -0.2) is 0 Å². The third kappa shape index (κ3) is 3.65. The number of hydrogen-bond donors (Lipinski definition) is 1. The number of allylic oxidation sites excluding steroid dienone is 1. The van der Waals surface area contributed by atoms with Crippen LogP contribution in [0, 0.1) is 0 Å². The van der Waals surface area contributed by atoms with Gasteiger partial charge in [0.05, 0.1) is 0 Å². The standard InChI is InChI=1S/C8H9BrF6O/c9-5-3-1-2-4-6(16,7(10,11)12)8(13,14)15/h2,4,16H,1,3,5H2. The van der Waals surface area contributed by atoms with Crippen molar-refractivity contribution in [3.63, 3.8) is 0 Å². The van der Waals surface area contributed by atoms with E-state index >= 15 is 0 Å². The summed E-state index contributed by atoms with van der Waals surface area (Å²) >= 11 is 2.97. The minimum absolute atomic E-state index is 0.0136. The Kier molecular flexibility index (Phi) is 5.31. The van der Waals surface area contributed by atoms with Crippen LogP contribution in [0.15, 0.2) is 12.2 Å². The summed E-state index contributed by atoms with van der Waals surface area (Å²) in [7, 11) is 0. The Hall–Kier alpha value is -0.240. The first kappa shape index (κ1) is 15.8. The Labute approximate surface area is 96.3 Å². The zero-order chi connectivity index (χ0) is 13.0. The molecule has 0 aliphatic carbocycles. The Balaban J connectivity index is 4.91. The highest BCUT2D eigenvalue weighted by Gasteiger charge is 2.68. The molecule has 0 heterocycles. The van der Waals surface area contributed by atoms with Crippen molar-refractivity contribution in [2.75, 3.05) is 5.33 Å². The van der Waals surface area contributed by atoms with E-state index in [1.165, 1.54) is 0 Å². The van der Waals surface area contributed by atoms with Gasteiger partial charge in [0.25, 0.3) is 5.60 Å². The molecule has 8 heteroatoms. The molecule has 16 heavy (non-hydrogen) atoms. The van der Waals surface area contributed by atoms with Gasteiger partial charge in [0, 0.05) is 5.33 Å². The van der Waals surface area contributed by atoms with E-state index in [1.54, 1.807) is 0 Å². The summed E-state index contributed by atoms with van der Waals surface area (Å²) in [6.07, 6.45) is -10.8. The third-order valence-electron chi connectivity index (χ3n) is 1.73. The minimum atomic E-state index is -5.78. The fraction of sp³-hybridized carbons (Fsp3) is 0.750. The maximum absolute atomic E-state index is 12.1. The van der Waals surface area contributed by atoms with Crippen molar-refractivity contribution in [1.29, 1.82) is 0 Å². The highest BCUT2D eigenvalue weighted by atomic mass is 79.9. The number of aliphatic hydroxyl groups is 1. The summed E-state index contributed by atoms with van der Waals surface area (Å²) in [5.74, 6) is 0. The van der Waals surface area contributed by atoms with E-state index in [1.807, 2.05) is 0 Å². The molecule has 0 rings (SSSR count). The quantitative estimate of drug-likeness (QED) is 0.364. The first-order valence-electron chi connectivity index (χ1n) is 4.16. The van der Waals surface area contributed by atoms with Crippen LogP contribution >= 0.6 is 15.9 Å². The van der Waals surface area contributed by atoms with Crippen molar-refractivity contribution in [1.82, 2.24) is 0 Å². The molecule has 0 saturated carbocycles. The number of unbranched alkanes of at least 4 members (excludes halogenated alkanes) is 1. The van der Waals surface area contributed by atoms with Crippen LogP contribution in [0.1, 0.15) is 12.8 Å². The van der Waals surface area contributed by atoms with E-state index in [9.17, 15) is 26.3 Å². The molecule has 0 fully saturated rings. The minimum Gasteiger partial charge on any atom is -0.370 e. The Bertz CT molecular complexity index is 230. The number of hydrogen-bond acceptors (Lipinski definition) is 1. The van der Waals surface area contributed by atoms with Crippen LogP contribution in [-0.4, -0.2) is 28.4 Å². The molecule has 0 spiro atoms. The molecule has 0 aromatic heterocycles. The Morgan fingerprint density at radius 1 is 1.00 bits per heavy atom. The zero-order valence-corrected chi connectivity index (χ0v) is 9.45. The lowest BCUT2D eigenvalue weighted by Gasteiger charge is -2.29. The molecule has 0 aromatic rings. The normalized spacial score (nSPS) is 14.8. The van der Waals surface area contributed by atoms with Crippen LogP contribution in [0.4, 0.5) is 26.3 Å². The van der Waals surface area contributed by atoms with Gasteiger partial charge in [0.1, 0.15) is 0 Å². The second-order valence-electron chi connectivity index (χ2n) is 3.00. The predicted octanol–water partition coefficient (Wildman–Crippen LogP) is 3.57. The second kappa shape index (κ2) is 5.39. The molecule has 0 bridgehead atoms.